The van der Waals surface area contributed by atoms with Crippen molar-refractivity contribution in [2.45, 2.75) is 63.9 Å². The number of hydrogen-bond acceptors (Lipinski definition) is 4. The van der Waals surface area contributed by atoms with Gasteiger partial charge in [-0.05, 0) is 26.2 Å². The van der Waals surface area contributed by atoms with Gasteiger partial charge in [0.1, 0.15) is 5.01 Å². The van der Waals surface area contributed by atoms with Gasteiger partial charge in [-0.25, -0.2) is 4.98 Å². The van der Waals surface area contributed by atoms with Crippen LogP contribution in [0.5, 0.6) is 0 Å². The van der Waals surface area contributed by atoms with Crippen molar-refractivity contribution in [3.63, 3.8) is 0 Å². The second kappa shape index (κ2) is 7.72. The molecule has 1 aromatic rings. The van der Waals surface area contributed by atoms with Gasteiger partial charge in [-0.15, -0.1) is 11.3 Å². The topological polar surface area (TPSA) is 58.5 Å². The summed E-state index contributed by atoms with van der Waals surface area (Å²) in [6, 6.07) is 0.287. The lowest BCUT2D eigenvalue weighted by Crippen LogP contribution is -2.65. The van der Waals surface area contributed by atoms with E-state index in [4.69, 9.17) is 4.74 Å². The molecule has 1 aromatic heterocycles. The molecule has 0 saturated heterocycles. The van der Waals surface area contributed by atoms with Crippen LogP contribution in [-0.2, 0) is 17.5 Å². The zero-order valence-corrected chi connectivity index (χ0v) is 15.8. The first-order chi connectivity index (χ1) is 12.4. The number of aromatic nitrogens is 1. The molecule has 2 atom stereocenters. The van der Waals surface area contributed by atoms with E-state index in [1.807, 2.05) is 6.92 Å². The van der Waals surface area contributed by atoms with Gasteiger partial charge in [0.25, 0.3) is 0 Å². The molecule has 26 heavy (non-hydrogen) atoms. The molecule has 2 fully saturated rings. The molecule has 1 spiro atoms. The van der Waals surface area contributed by atoms with E-state index in [2.05, 4.69) is 20.6 Å². The standard InChI is InChI=1S/C17H25F3N4OS/c1-3-25-13-8-11(16(13)6-4-5-7-16)24-15(21-2)22-9-14-23-12(10-26-14)17(18,19)20/h10-11,13H,3-9H2,1-2H3,(H2,21,22,24). The Morgan fingerprint density at radius 3 is 2.73 bits per heavy atom. The number of nitrogens with one attached hydrogen (secondary N) is 2. The molecule has 5 nitrogen and oxygen atoms in total. The molecule has 3 rings (SSSR count). The number of halogens is 3. The lowest BCUT2D eigenvalue weighted by molar-refractivity contribution is -0.140. The molecule has 0 aromatic carbocycles. The molecule has 1 heterocycles. The molecule has 9 heteroatoms. The quantitative estimate of drug-likeness (QED) is 0.596. The van der Waals surface area contributed by atoms with E-state index in [0.717, 1.165) is 42.6 Å². The number of alkyl halides is 3. The average Bonchev–Trinajstić information content (AvgIpc) is 3.27. The second-order valence-corrected chi connectivity index (χ2v) is 7.81. The van der Waals surface area contributed by atoms with Crippen LogP contribution in [0.2, 0.25) is 0 Å². The number of rotatable bonds is 5. The maximum atomic E-state index is 12.6. The maximum Gasteiger partial charge on any atom is 0.434 e. The van der Waals surface area contributed by atoms with Crippen LogP contribution in [0.25, 0.3) is 0 Å². The van der Waals surface area contributed by atoms with Crippen molar-refractivity contribution in [1.82, 2.24) is 15.6 Å². The van der Waals surface area contributed by atoms with Gasteiger partial charge in [0.15, 0.2) is 11.7 Å². The molecule has 2 unspecified atom stereocenters. The minimum absolute atomic E-state index is 0.165. The Labute approximate surface area is 155 Å². The lowest BCUT2D eigenvalue weighted by atomic mass is 9.60. The van der Waals surface area contributed by atoms with Crippen LogP contribution in [0.3, 0.4) is 0 Å². The molecule has 0 amide bonds. The van der Waals surface area contributed by atoms with E-state index in [0.29, 0.717) is 17.1 Å². The molecular formula is C17H25F3N4OS. The minimum atomic E-state index is -4.40. The van der Waals surface area contributed by atoms with Gasteiger partial charge in [0.2, 0.25) is 0 Å². The van der Waals surface area contributed by atoms with Crippen LogP contribution in [0.15, 0.2) is 10.4 Å². The Balaban J connectivity index is 1.56. The number of aliphatic imine (C=N–C) groups is 1. The molecular weight excluding hydrogens is 365 g/mol. The van der Waals surface area contributed by atoms with Gasteiger partial charge in [-0.1, -0.05) is 12.8 Å². The molecule has 0 radical (unpaired) electrons. The molecule has 2 aliphatic rings. The fraction of sp³-hybridized carbons (Fsp3) is 0.765. The van der Waals surface area contributed by atoms with Crippen LogP contribution in [0.4, 0.5) is 13.2 Å². The highest BCUT2D eigenvalue weighted by Gasteiger charge is 2.56. The van der Waals surface area contributed by atoms with Gasteiger partial charge in [0.05, 0.1) is 12.6 Å². The predicted molar refractivity (Wildman–Crippen MR) is 95.2 cm³/mol. The van der Waals surface area contributed by atoms with E-state index >= 15 is 0 Å². The third-order valence-corrected chi connectivity index (χ3v) is 6.32. The first kappa shape index (κ1) is 19.4. The largest absolute Gasteiger partial charge is 0.434 e. The number of thiazole rings is 1. The monoisotopic (exact) mass is 390 g/mol. The fourth-order valence-electron chi connectivity index (χ4n) is 4.13. The van der Waals surface area contributed by atoms with Gasteiger partial charge < -0.3 is 15.4 Å². The molecule has 2 N–H and O–H groups in total. The SMILES string of the molecule is CCOC1CC(NC(=NC)NCc2nc(C(F)(F)F)cs2)C12CCCC2. The Kier molecular flexibility index (Phi) is 5.76. The van der Waals surface area contributed by atoms with Crippen LogP contribution in [0, 0.1) is 5.41 Å². The first-order valence-electron chi connectivity index (χ1n) is 8.99. The number of guanidine groups is 1. The highest BCUT2D eigenvalue weighted by molar-refractivity contribution is 7.09. The van der Waals surface area contributed by atoms with Crippen molar-refractivity contribution in [2.75, 3.05) is 13.7 Å². The summed E-state index contributed by atoms with van der Waals surface area (Å²) in [7, 11) is 1.67. The normalized spacial score (nSPS) is 25.3. The molecule has 2 aliphatic carbocycles. The van der Waals surface area contributed by atoms with Gasteiger partial charge in [-0.3, -0.25) is 4.99 Å². The Morgan fingerprint density at radius 1 is 1.42 bits per heavy atom. The predicted octanol–water partition coefficient (Wildman–Crippen LogP) is 3.56. The van der Waals surface area contributed by atoms with Crippen LogP contribution >= 0.6 is 11.3 Å². The molecule has 0 bridgehead atoms. The van der Waals surface area contributed by atoms with E-state index in [9.17, 15) is 13.2 Å². The summed E-state index contributed by atoms with van der Waals surface area (Å²) >= 11 is 0.997. The molecule has 2 saturated carbocycles. The van der Waals surface area contributed by atoms with E-state index in [1.165, 1.54) is 12.8 Å². The minimum Gasteiger partial charge on any atom is -0.378 e. The highest BCUT2D eigenvalue weighted by atomic mass is 32.1. The third-order valence-electron chi connectivity index (χ3n) is 5.47. The second-order valence-electron chi connectivity index (χ2n) is 6.87. The Bertz CT molecular complexity index is 640. The van der Waals surface area contributed by atoms with Crippen LogP contribution in [0.1, 0.15) is 49.7 Å². The first-order valence-corrected chi connectivity index (χ1v) is 9.87. The van der Waals surface area contributed by atoms with Crippen molar-refractivity contribution in [1.29, 1.82) is 0 Å². The summed E-state index contributed by atoms with van der Waals surface area (Å²) < 4.78 is 43.8. The van der Waals surface area contributed by atoms with Crippen LogP contribution < -0.4 is 10.6 Å². The summed E-state index contributed by atoms with van der Waals surface area (Å²) in [5.41, 5.74) is -0.677. The maximum absolute atomic E-state index is 12.6. The Hall–Kier alpha value is -1.35. The van der Waals surface area contributed by atoms with Crippen molar-refractivity contribution >= 4 is 17.3 Å². The summed E-state index contributed by atoms with van der Waals surface area (Å²) in [5, 5.41) is 7.95. The van der Waals surface area contributed by atoms with Crippen molar-refractivity contribution in [3.05, 3.63) is 16.1 Å². The summed E-state index contributed by atoms with van der Waals surface area (Å²) in [5.74, 6) is 0.597. The smallest absolute Gasteiger partial charge is 0.378 e. The fourth-order valence-corrected chi connectivity index (χ4v) is 4.87. The van der Waals surface area contributed by atoms with Gasteiger partial charge in [0, 0.05) is 30.5 Å². The summed E-state index contributed by atoms with van der Waals surface area (Å²) in [4.78, 5) is 7.85. The van der Waals surface area contributed by atoms with E-state index < -0.39 is 11.9 Å². The zero-order chi connectivity index (χ0) is 18.8. The van der Waals surface area contributed by atoms with Crippen molar-refractivity contribution in [3.8, 4) is 0 Å². The van der Waals surface area contributed by atoms with Gasteiger partial charge >= 0.3 is 6.18 Å². The molecule has 146 valence electrons. The van der Waals surface area contributed by atoms with E-state index in [1.54, 1.807) is 7.05 Å². The van der Waals surface area contributed by atoms with Crippen molar-refractivity contribution < 1.29 is 17.9 Å². The van der Waals surface area contributed by atoms with Crippen molar-refractivity contribution in [2.24, 2.45) is 10.4 Å². The Morgan fingerprint density at radius 2 is 2.15 bits per heavy atom. The van der Waals surface area contributed by atoms with Crippen LogP contribution in [-0.4, -0.2) is 36.7 Å². The number of hydrogen-bond donors (Lipinski definition) is 2. The highest BCUT2D eigenvalue weighted by Crippen LogP contribution is 2.54. The number of nitrogens with zero attached hydrogens (tertiary/aromatic N) is 2. The third kappa shape index (κ3) is 3.83. The molecule has 0 aliphatic heterocycles. The summed E-state index contributed by atoms with van der Waals surface area (Å²) in [6.07, 6.45) is 1.55. The van der Waals surface area contributed by atoms with Gasteiger partial charge in [-0.2, -0.15) is 13.2 Å². The van der Waals surface area contributed by atoms with E-state index in [-0.39, 0.29) is 18.0 Å². The summed E-state index contributed by atoms with van der Waals surface area (Å²) in [6.45, 7) is 2.96. The number of ether oxygens (including phenoxy) is 1. The lowest BCUT2D eigenvalue weighted by Gasteiger charge is -2.54. The zero-order valence-electron chi connectivity index (χ0n) is 15.0. The average molecular weight is 390 g/mol.